The van der Waals surface area contributed by atoms with E-state index >= 15 is 0 Å². The highest BCUT2D eigenvalue weighted by atomic mass is 79.9. The molecule has 1 atom stereocenters. The van der Waals surface area contributed by atoms with Crippen LogP contribution < -0.4 is 4.74 Å². The molecule has 94 valence electrons. The van der Waals surface area contributed by atoms with Crippen LogP contribution in [-0.4, -0.2) is 27.6 Å². The molecule has 6 heteroatoms. The smallest absolute Gasteiger partial charge is 0.213 e. The van der Waals surface area contributed by atoms with Crippen LogP contribution >= 0.6 is 15.9 Å². The molecule has 0 saturated heterocycles. The van der Waals surface area contributed by atoms with Crippen molar-refractivity contribution in [1.82, 2.24) is 4.98 Å². The number of methoxy groups -OCH3 is 1. The summed E-state index contributed by atoms with van der Waals surface area (Å²) < 4.78 is 21.2. The molecule has 0 spiro atoms. The minimum atomic E-state index is -1.27. The van der Waals surface area contributed by atoms with E-state index in [4.69, 9.17) is 4.74 Å². The molecular formula is C11H15BrN2O2S. The van der Waals surface area contributed by atoms with Gasteiger partial charge in [0.15, 0.2) is 0 Å². The molecule has 0 unspecified atom stereocenters. The third-order valence-electron chi connectivity index (χ3n) is 1.88. The first-order valence-corrected chi connectivity index (χ1v) is 6.90. The highest BCUT2D eigenvalue weighted by Crippen LogP contribution is 2.20. The van der Waals surface area contributed by atoms with E-state index in [0.717, 1.165) is 10.0 Å². The second-order valence-electron chi connectivity index (χ2n) is 4.34. The summed E-state index contributed by atoms with van der Waals surface area (Å²) >= 11 is 2.08. The molecule has 1 rings (SSSR count). The fourth-order valence-corrected chi connectivity index (χ4v) is 1.75. The molecule has 0 amide bonds. The third-order valence-corrected chi connectivity index (χ3v) is 3.89. The topological polar surface area (TPSA) is 57.5 Å². The van der Waals surface area contributed by atoms with Crippen LogP contribution in [0.4, 0.5) is 0 Å². The second kappa shape index (κ2) is 5.84. The molecule has 17 heavy (non-hydrogen) atoms. The Morgan fingerprint density at radius 3 is 2.71 bits per heavy atom. The Bertz CT molecular complexity index is 418. The highest BCUT2D eigenvalue weighted by molar-refractivity contribution is 9.10. The third kappa shape index (κ3) is 4.29. The van der Waals surface area contributed by atoms with E-state index in [9.17, 15) is 4.55 Å². The van der Waals surface area contributed by atoms with Gasteiger partial charge in [-0.3, -0.25) is 0 Å². The lowest BCUT2D eigenvalue weighted by molar-refractivity contribution is 0.397. The fraction of sp³-hybridized carbons (Fsp3) is 0.455. The van der Waals surface area contributed by atoms with E-state index in [1.165, 1.54) is 0 Å². The first kappa shape index (κ1) is 14.5. The van der Waals surface area contributed by atoms with Gasteiger partial charge in [-0.2, -0.15) is 0 Å². The number of hydrogen-bond acceptors (Lipinski definition) is 4. The Labute approximate surface area is 113 Å². The van der Waals surface area contributed by atoms with Crippen molar-refractivity contribution in [2.24, 2.45) is 4.40 Å². The van der Waals surface area contributed by atoms with Gasteiger partial charge in [0.05, 0.1) is 13.3 Å². The summed E-state index contributed by atoms with van der Waals surface area (Å²) in [7, 11) is 1.55. The molecule has 0 aliphatic rings. The molecule has 0 aliphatic heterocycles. The molecule has 0 aromatic carbocycles. The van der Waals surface area contributed by atoms with Gasteiger partial charge in [-0.1, -0.05) is 4.40 Å². The summed E-state index contributed by atoms with van der Waals surface area (Å²) in [6.07, 6.45) is 3.19. The maximum atomic E-state index is 11.8. The summed E-state index contributed by atoms with van der Waals surface area (Å²) in [5.41, 5.74) is 0.787. The van der Waals surface area contributed by atoms with Crippen molar-refractivity contribution in [3.63, 3.8) is 0 Å². The van der Waals surface area contributed by atoms with E-state index in [1.807, 2.05) is 20.8 Å². The van der Waals surface area contributed by atoms with Crippen LogP contribution in [0.3, 0.4) is 0 Å². The average Bonchev–Trinajstić information content (AvgIpc) is 2.26. The van der Waals surface area contributed by atoms with Crippen molar-refractivity contribution >= 4 is 33.5 Å². The Morgan fingerprint density at radius 2 is 2.18 bits per heavy atom. The van der Waals surface area contributed by atoms with E-state index < -0.39 is 11.4 Å². The summed E-state index contributed by atoms with van der Waals surface area (Å²) in [5, 5.41) is 0. The number of pyridine rings is 1. The summed E-state index contributed by atoms with van der Waals surface area (Å²) in [6, 6.07) is 1.73. The normalized spacial score (nSPS) is 14.0. The van der Waals surface area contributed by atoms with Gasteiger partial charge < -0.3 is 9.29 Å². The number of aromatic nitrogens is 1. The molecule has 1 heterocycles. The Hall–Kier alpha value is -0.590. The molecular weight excluding hydrogens is 304 g/mol. The maximum Gasteiger partial charge on any atom is 0.213 e. The predicted octanol–water partition coefficient (Wildman–Crippen LogP) is 2.73. The van der Waals surface area contributed by atoms with Crippen LogP contribution in [0.2, 0.25) is 0 Å². The van der Waals surface area contributed by atoms with E-state index in [0.29, 0.717) is 5.88 Å². The highest BCUT2D eigenvalue weighted by Gasteiger charge is 2.25. The van der Waals surface area contributed by atoms with Crippen LogP contribution in [0.1, 0.15) is 26.3 Å². The predicted molar refractivity (Wildman–Crippen MR) is 74.0 cm³/mol. The Balaban J connectivity index is 2.91. The first-order valence-electron chi connectivity index (χ1n) is 5.00. The zero-order valence-corrected chi connectivity index (χ0v) is 12.6. The van der Waals surface area contributed by atoms with Gasteiger partial charge in [0.1, 0.15) is 16.1 Å². The number of nitrogens with zero attached hydrogens (tertiary/aromatic N) is 2. The standard InChI is InChI=1S/C11H15BrN2O2S/c1-11(2,3)17(15)14-6-8-5-10(16-4)13-7-9(8)12/h5-7H,1-4H3/b14-6+/t17-/m0/s1. The number of halogens is 1. The van der Waals surface area contributed by atoms with Gasteiger partial charge in [0.25, 0.3) is 0 Å². The van der Waals surface area contributed by atoms with E-state index in [1.54, 1.807) is 25.6 Å². The summed E-state index contributed by atoms with van der Waals surface area (Å²) in [5.74, 6) is 0.496. The van der Waals surface area contributed by atoms with Crippen molar-refractivity contribution < 1.29 is 9.29 Å². The summed E-state index contributed by atoms with van der Waals surface area (Å²) in [6.45, 7) is 5.63. The zero-order chi connectivity index (χ0) is 13.1. The van der Waals surface area contributed by atoms with Crippen molar-refractivity contribution in [2.45, 2.75) is 25.5 Å². The van der Waals surface area contributed by atoms with Crippen molar-refractivity contribution in [2.75, 3.05) is 7.11 Å². The molecule has 0 bridgehead atoms. The van der Waals surface area contributed by atoms with Crippen LogP contribution in [0.25, 0.3) is 0 Å². The molecule has 4 nitrogen and oxygen atoms in total. The average molecular weight is 319 g/mol. The van der Waals surface area contributed by atoms with Gasteiger partial charge in [-0.25, -0.2) is 4.98 Å². The molecule has 0 fully saturated rings. The molecule has 0 N–H and O–H groups in total. The Kier molecular flexibility index (Phi) is 4.97. The van der Waals surface area contributed by atoms with E-state index in [2.05, 4.69) is 25.3 Å². The second-order valence-corrected chi connectivity index (χ2v) is 7.13. The van der Waals surface area contributed by atoms with Gasteiger partial charge >= 0.3 is 0 Å². The zero-order valence-electron chi connectivity index (χ0n) is 10.2. The van der Waals surface area contributed by atoms with Crippen LogP contribution in [0.5, 0.6) is 5.88 Å². The molecule has 1 aromatic rings. The minimum absolute atomic E-state index is 0.361. The van der Waals surface area contributed by atoms with Crippen LogP contribution in [0, 0.1) is 0 Å². The van der Waals surface area contributed by atoms with Crippen LogP contribution in [-0.2, 0) is 11.4 Å². The minimum Gasteiger partial charge on any atom is -0.591 e. The lowest BCUT2D eigenvalue weighted by atomic mass is 10.3. The van der Waals surface area contributed by atoms with Crippen molar-refractivity contribution in [1.29, 1.82) is 0 Å². The molecule has 1 aromatic heterocycles. The van der Waals surface area contributed by atoms with Crippen molar-refractivity contribution in [3.8, 4) is 5.88 Å². The fourth-order valence-electron chi connectivity index (χ4n) is 0.907. The SMILES string of the molecule is COc1cc(/C=N/[S@@+]([O-])C(C)(C)C)c(Br)cn1. The number of rotatable bonds is 3. The number of hydrogen-bond donors (Lipinski definition) is 0. The maximum absolute atomic E-state index is 11.8. The van der Waals surface area contributed by atoms with Gasteiger partial charge in [-0.05, 0) is 36.7 Å². The number of ether oxygens (including phenoxy) is 1. The van der Waals surface area contributed by atoms with Crippen molar-refractivity contribution in [3.05, 3.63) is 22.3 Å². The lowest BCUT2D eigenvalue weighted by Gasteiger charge is -2.17. The van der Waals surface area contributed by atoms with Crippen LogP contribution in [0.15, 0.2) is 21.1 Å². The molecule has 0 aliphatic carbocycles. The lowest BCUT2D eigenvalue weighted by Crippen LogP contribution is -2.25. The Morgan fingerprint density at radius 1 is 1.53 bits per heavy atom. The quantitative estimate of drug-likeness (QED) is 0.636. The molecule has 0 saturated carbocycles. The van der Waals surface area contributed by atoms with Gasteiger partial charge in [-0.15, -0.1) is 0 Å². The monoisotopic (exact) mass is 318 g/mol. The molecule has 0 radical (unpaired) electrons. The largest absolute Gasteiger partial charge is 0.591 e. The van der Waals surface area contributed by atoms with E-state index in [-0.39, 0.29) is 4.75 Å². The van der Waals surface area contributed by atoms with Gasteiger partial charge in [0.2, 0.25) is 5.88 Å². The first-order chi connectivity index (χ1) is 7.84. The summed E-state index contributed by atoms with van der Waals surface area (Å²) in [4.78, 5) is 4.03. The van der Waals surface area contributed by atoms with Gasteiger partial charge in [0, 0.05) is 22.3 Å².